The summed E-state index contributed by atoms with van der Waals surface area (Å²) in [5.74, 6) is -0.221. The van der Waals surface area contributed by atoms with Crippen molar-refractivity contribution >= 4 is 33.2 Å². The van der Waals surface area contributed by atoms with Gasteiger partial charge < -0.3 is 10.6 Å². The third-order valence-electron chi connectivity index (χ3n) is 3.90. The Morgan fingerprint density at radius 2 is 2.10 bits per heavy atom. The SMILES string of the molecule is NCC(c1cc(Cl)ccc1Br)N1CCc2ccc(F)cc21. The van der Waals surface area contributed by atoms with E-state index < -0.39 is 0 Å². The Kier molecular flexibility index (Phi) is 4.20. The summed E-state index contributed by atoms with van der Waals surface area (Å²) in [5, 5.41) is 0.672. The number of rotatable bonds is 3. The second kappa shape index (κ2) is 5.95. The standard InChI is InChI=1S/C16H15BrClFN2/c17-14-4-2-11(18)7-13(14)16(9-20)21-6-5-10-1-3-12(19)8-15(10)21/h1-4,7-8,16H,5-6,9,20H2. The molecule has 0 amide bonds. The van der Waals surface area contributed by atoms with Crippen molar-refractivity contribution in [2.45, 2.75) is 12.5 Å². The van der Waals surface area contributed by atoms with Crippen LogP contribution in [0.5, 0.6) is 0 Å². The van der Waals surface area contributed by atoms with Gasteiger partial charge in [0.05, 0.1) is 6.04 Å². The molecule has 0 saturated carbocycles. The van der Waals surface area contributed by atoms with Crippen LogP contribution in [0.4, 0.5) is 10.1 Å². The van der Waals surface area contributed by atoms with Gasteiger partial charge in [-0.1, -0.05) is 33.6 Å². The number of halogens is 3. The molecule has 0 radical (unpaired) electrons. The van der Waals surface area contributed by atoms with Crippen molar-refractivity contribution in [1.82, 2.24) is 0 Å². The normalized spacial score (nSPS) is 15.1. The van der Waals surface area contributed by atoms with Crippen LogP contribution in [0.1, 0.15) is 17.2 Å². The van der Waals surface area contributed by atoms with Crippen molar-refractivity contribution in [3.05, 3.63) is 62.8 Å². The van der Waals surface area contributed by atoms with Crippen LogP contribution in [0.2, 0.25) is 5.02 Å². The topological polar surface area (TPSA) is 29.3 Å². The molecule has 1 aliphatic heterocycles. The van der Waals surface area contributed by atoms with Gasteiger partial charge in [0, 0.05) is 28.3 Å². The van der Waals surface area contributed by atoms with E-state index in [0.29, 0.717) is 11.6 Å². The Labute approximate surface area is 136 Å². The lowest BCUT2D eigenvalue weighted by Gasteiger charge is -2.30. The van der Waals surface area contributed by atoms with E-state index in [1.54, 1.807) is 6.07 Å². The lowest BCUT2D eigenvalue weighted by Crippen LogP contribution is -2.32. The molecule has 0 saturated heterocycles. The maximum Gasteiger partial charge on any atom is 0.125 e. The van der Waals surface area contributed by atoms with E-state index in [9.17, 15) is 4.39 Å². The molecule has 0 fully saturated rings. The molecule has 2 N–H and O–H groups in total. The van der Waals surface area contributed by atoms with Gasteiger partial charge in [0.25, 0.3) is 0 Å². The van der Waals surface area contributed by atoms with Gasteiger partial charge in [-0.3, -0.25) is 0 Å². The summed E-state index contributed by atoms with van der Waals surface area (Å²) in [6, 6.07) is 10.6. The molecular weight excluding hydrogens is 355 g/mol. The molecule has 2 nitrogen and oxygen atoms in total. The molecule has 1 unspecified atom stereocenters. The number of hydrogen-bond donors (Lipinski definition) is 1. The first kappa shape index (κ1) is 14.8. The van der Waals surface area contributed by atoms with Gasteiger partial charge in [-0.05, 0) is 47.9 Å². The first-order valence-corrected chi connectivity index (χ1v) is 7.97. The predicted octanol–water partition coefficient (Wildman–Crippen LogP) is 4.30. The van der Waals surface area contributed by atoms with Crippen molar-refractivity contribution in [2.75, 3.05) is 18.0 Å². The zero-order chi connectivity index (χ0) is 15.0. The second-order valence-electron chi connectivity index (χ2n) is 5.13. The summed E-state index contributed by atoms with van der Waals surface area (Å²) in [6.45, 7) is 1.27. The van der Waals surface area contributed by atoms with Crippen LogP contribution < -0.4 is 10.6 Å². The molecular formula is C16H15BrClFN2. The molecule has 5 heteroatoms. The van der Waals surface area contributed by atoms with Crippen LogP contribution >= 0.6 is 27.5 Å². The molecule has 1 heterocycles. The van der Waals surface area contributed by atoms with Gasteiger partial charge in [-0.2, -0.15) is 0 Å². The van der Waals surface area contributed by atoms with E-state index >= 15 is 0 Å². The van der Waals surface area contributed by atoms with E-state index in [-0.39, 0.29) is 11.9 Å². The molecule has 0 aromatic heterocycles. The Morgan fingerprint density at radius 1 is 1.29 bits per heavy atom. The maximum absolute atomic E-state index is 13.6. The molecule has 3 rings (SSSR count). The van der Waals surface area contributed by atoms with E-state index in [4.69, 9.17) is 17.3 Å². The molecule has 110 valence electrons. The van der Waals surface area contributed by atoms with Crippen LogP contribution in [0.25, 0.3) is 0 Å². The molecule has 21 heavy (non-hydrogen) atoms. The highest BCUT2D eigenvalue weighted by molar-refractivity contribution is 9.10. The Bertz CT molecular complexity index is 677. The van der Waals surface area contributed by atoms with Crippen molar-refractivity contribution in [1.29, 1.82) is 0 Å². The zero-order valence-corrected chi connectivity index (χ0v) is 13.7. The van der Waals surface area contributed by atoms with Crippen LogP contribution in [-0.2, 0) is 6.42 Å². The highest BCUT2D eigenvalue weighted by atomic mass is 79.9. The maximum atomic E-state index is 13.6. The van der Waals surface area contributed by atoms with Gasteiger partial charge in [0.2, 0.25) is 0 Å². The first-order valence-electron chi connectivity index (χ1n) is 6.80. The average molecular weight is 370 g/mol. The van der Waals surface area contributed by atoms with Crippen LogP contribution in [-0.4, -0.2) is 13.1 Å². The zero-order valence-electron chi connectivity index (χ0n) is 11.3. The van der Waals surface area contributed by atoms with Gasteiger partial charge >= 0.3 is 0 Å². The smallest absolute Gasteiger partial charge is 0.125 e. The van der Waals surface area contributed by atoms with Gasteiger partial charge in [0.15, 0.2) is 0 Å². The Balaban J connectivity index is 2.03. The van der Waals surface area contributed by atoms with Crippen molar-refractivity contribution in [3.8, 4) is 0 Å². The fourth-order valence-corrected chi connectivity index (χ4v) is 3.58. The lowest BCUT2D eigenvalue weighted by atomic mass is 10.0. The fraction of sp³-hybridized carbons (Fsp3) is 0.250. The largest absolute Gasteiger partial charge is 0.363 e. The van der Waals surface area contributed by atoms with Crippen molar-refractivity contribution in [2.24, 2.45) is 5.73 Å². The molecule has 0 aliphatic carbocycles. The second-order valence-corrected chi connectivity index (χ2v) is 6.42. The molecule has 0 bridgehead atoms. The molecule has 2 aromatic carbocycles. The number of anilines is 1. The molecule has 1 atom stereocenters. The number of nitrogens with two attached hydrogens (primary N) is 1. The van der Waals surface area contributed by atoms with E-state index in [0.717, 1.165) is 34.3 Å². The summed E-state index contributed by atoms with van der Waals surface area (Å²) in [7, 11) is 0. The summed E-state index contributed by atoms with van der Waals surface area (Å²) >= 11 is 9.67. The monoisotopic (exact) mass is 368 g/mol. The van der Waals surface area contributed by atoms with Crippen LogP contribution in [0.3, 0.4) is 0 Å². The van der Waals surface area contributed by atoms with Crippen LogP contribution in [0.15, 0.2) is 40.9 Å². The summed E-state index contributed by atoms with van der Waals surface area (Å²) < 4.78 is 14.5. The number of hydrogen-bond acceptors (Lipinski definition) is 2. The average Bonchev–Trinajstić information content (AvgIpc) is 2.87. The third kappa shape index (κ3) is 2.80. The Morgan fingerprint density at radius 3 is 2.86 bits per heavy atom. The quantitative estimate of drug-likeness (QED) is 0.874. The minimum atomic E-state index is -0.221. The molecule has 2 aromatic rings. The summed E-state index contributed by atoms with van der Waals surface area (Å²) in [4.78, 5) is 2.16. The van der Waals surface area contributed by atoms with Gasteiger partial charge in [-0.15, -0.1) is 0 Å². The lowest BCUT2D eigenvalue weighted by molar-refractivity contribution is 0.621. The van der Waals surface area contributed by atoms with E-state index in [1.165, 1.54) is 6.07 Å². The summed E-state index contributed by atoms with van der Waals surface area (Å²) in [6.07, 6.45) is 0.907. The number of fused-ring (bicyclic) bond motifs is 1. The van der Waals surface area contributed by atoms with Gasteiger partial charge in [0.1, 0.15) is 5.82 Å². The van der Waals surface area contributed by atoms with Gasteiger partial charge in [-0.25, -0.2) is 4.39 Å². The number of benzene rings is 2. The Hall–Kier alpha value is -1.10. The molecule has 1 aliphatic rings. The van der Waals surface area contributed by atoms with Crippen molar-refractivity contribution in [3.63, 3.8) is 0 Å². The highest BCUT2D eigenvalue weighted by Crippen LogP contribution is 2.38. The summed E-state index contributed by atoms with van der Waals surface area (Å²) in [5.41, 5.74) is 9.12. The predicted molar refractivity (Wildman–Crippen MR) is 88.4 cm³/mol. The van der Waals surface area contributed by atoms with E-state index in [1.807, 2.05) is 24.3 Å². The fourth-order valence-electron chi connectivity index (χ4n) is 2.89. The molecule has 0 spiro atoms. The van der Waals surface area contributed by atoms with Crippen LogP contribution in [0, 0.1) is 5.82 Å². The first-order chi connectivity index (χ1) is 10.1. The highest BCUT2D eigenvalue weighted by Gasteiger charge is 2.28. The third-order valence-corrected chi connectivity index (χ3v) is 4.85. The van der Waals surface area contributed by atoms with E-state index in [2.05, 4.69) is 20.8 Å². The van der Waals surface area contributed by atoms with Crippen molar-refractivity contribution < 1.29 is 4.39 Å². The minimum absolute atomic E-state index is 0.0267. The minimum Gasteiger partial charge on any atom is -0.363 e. The number of nitrogens with zero attached hydrogens (tertiary/aromatic N) is 1.